The van der Waals surface area contributed by atoms with Crippen molar-refractivity contribution in [2.24, 2.45) is 0 Å². The number of imide groups is 1. The van der Waals surface area contributed by atoms with Gasteiger partial charge in [-0.15, -0.1) is 5.10 Å². The minimum Gasteiger partial charge on any atom is -0.497 e. The van der Waals surface area contributed by atoms with Crippen LogP contribution in [0.2, 0.25) is 0 Å². The van der Waals surface area contributed by atoms with E-state index in [1.807, 2.05) is 30.3 Å². The average Bonchev–Trinajstić information content (AvgIpc) is 3.24. The van der Waals surface area contributed by atoms with Gasteiger partial charge < -0.3 is 14.2 Å². The number of amides is 2. The average molecular weight is 441 g/mol. The van der Waals surface area contributed by atoms with Crippen molar-refractivity contribution in [1.82, 2.24) is 25.5 Å². The van der Waals surface area contributed by atoms with Gasteiger partial charge in [-0.2, -0.15) is 0 Å². The number of carbonyl (C=O) groups excluding carboxylic acids is 2. The lowest BCUT2D eigenvalue weighted by atomic mass is 10.2. The highest BCUT2D eigenvalue weighted by atomic mass is 32.2. The third kappa shape index (κ3) is 5.12. The van der Waals surface area contributed by atoms with E-state index in [0.29, 0.717) is 23.2 Å². The maximum atomic E-state index is 12.3. The number of benzene rings is 2. The van der Waals surface area contributed by atoms with Gasteiger partial charge in [0.2, 0.25) is 17.2 Å². The fourth-order valence-electron chi connectivity index (χ4n) is 2.84. The van der Waals surface area contributed by atoms with Crippen LogP contribution in [-0.2, 0) is 16.1 Å². The molecule has 4 rings (SSSR count). The highest BCUT2D eigenvalue weighted by Crippen LogP contribution is 2.30. The van der Waals surface area contributed by atoms with Crippen LogP contribution in [0.1, 0.15) is 5.56 Å². The molecule has 0 aliphatic carbocycles. The summed E-state index contributed by atoms with van der Waals surface area (Å²) < 4.78 is 17.8. The van der Waals surface area contributed by atoms with Gasteiger partial charge in [-0.25, -0.2) is 4.68 Å². The summed E-state index contributed by atoms with van der Waals surface area (Å²) in [6.45, 7) is 0.468. The number of hydrogen-bond donors (Lipinski definition) is 1. The van der Waals surface area contributed by atoms with Crippen molar-refractivity contribution in [3.05, 3.63) is 54.1 Å². The monoisotopic (exact) mass is 441 g/mol. The van der Waals surface area contributed by atoms with E-state index in [2.05, 4.69) is 20.8 Å². The van der Waals surface area contributed by atoms with Crippen LogP contribution in [0.4, 0.5) is 0 Å². The van der Waals surface area contributed by atoms with Crippen LogP contribution in [0.5, 0.6) is 17.2 Å². The first-order chi connectivity index (χ1) is 15.1. The van der Waals surface area contributed by atoms with Crippen molar-refractivity contribution in [3.8, 4) is 17.2 Å². The second kappa shape index (κ2) is 9.47. The Morgan fingerprint density at radius 2 is 1.97 bits per heavy atom. The molecule has 3 aromatic rings. The van der Waals surface area contributed by atoms with Crippen LogP contribution in [0.25, 0.3) is 0 Å². The van der Waals surface area contributed by atoms with Gasteiger partial charge in [0.1, 0.15) is 12.4 Å². The topological polar surface area (TPSA) is 117 Å². The highest BCUT2D eigenvalue weighted by molar-refractivity contribution is 7.99. The van der Waals surface area contributed by atoms with E-state index >= 15 is 0 Å². The summed E-state index contributed by atoms with van der Waals surface area (Å²) in [6.07, 6.45) is -0.899. The van der Waals surface area contributed by atoms with Crippen LogP contribution in [0.15, 0.2) is 53.7 Å². The number of carbonyl (C=O) groups is 2. The van der Waals surface area contributed by atoms with Crippen molar-refractivity contribution >= 4 is 23.6 Å². The normalized spacial score (nSPS) is 14.7. The van der Waals surface area contributed by atoms with Gasteiger partial charge in [-0.3, -0.25) is 14.9 Å². The summed E-state index contributed by atoms with van der Waals surface area (Å²) in [6, 6.07) is 14.6. The molecule has 2 aromatic carbocycles. The number of para-hydroxylation sites is 2. The summed E-state index contributed by atoms with van der Waals surface area (Å²) in [5.41, 5.74) is 0.976. The predicted octanol–water partition coefficient (Wildman–Crippen LogP) is 1.30. The van der Waals surface area contributed by atoms with E-state index in [1.54, 1.807) is 30.0 Å². The van der Waals surface area contributed by atoms with Gasteiger partial charge in [0.25, 0.3) is 5.91 Å². The number of hydrogen-bond acceptors (Lipinski definition) is 9. The molecule has 31 heavy (non-hydrogen) atoms. The highest BCUT2D eigenvalue weighted by Gasteiger charge is 2.28. The molecule has 1 atom stereocenters. The van der Waals surface area contributed by atoms with E-state index in [9.17, 15) is 9.59 Å². The maximum absolute atomic E-state index is 12.3. The van der Waals surface area contributed by atoms with Crippen molar-refractivity contribution in [1.29, 1.82) is 0 Å². The van der Waals surface area contributed by atoms with Crippen molar-refractivity contribution < 1.29 is 23.8 Å². The number of fused-ring (bicyclic) bond motifs is 1. The molecule has 0 saturated carbocycles. The molecular formula is C20H19N5O5S. The fourth-order valence-corrected chi connectivity index (χ4v) is 3.51. The molecular weight excluding hydrogens is 422 g/mol. The molecule has 1 N–H and O–H groups in total. The summed E-state index contributed by atoms with van der Waals surface area (Å²) in [7, 11) is 1.60. The molecule has 10 nitrogen and oxygen atoms in total. The van der Waals surface area contributed by atoms with Gasteiger partial charge in [-0.1, -0.05) is 36.0 Å². The second-order valence-electron chi connectivity index (χ2n) is 6.53. The first-order valence-corrected chi connectivity index (χ1v) is 10.3. The van der Waals surface area contributed by atoms with Crippen molar-refractivity contribution in [2.45, 2.75) is 17.8 Å². The van der Waals surface area contributed by atoms with Crippen LogP contribution < -0.4 is 19.5 Å². The van der Waals surface area contributed by atoms with Gasteiger partial charge in [0, 0.05) is 0 Å². The third-order valence-electron chi connectivity index (χ3n) is 4.39. The van der Waals surface area contributed by atoms with E-state index in [1.165, 1.54) is 0 Å². The lowest BCUT2D eigenvalue weighted by Gasteiger charge is -2.25. The molecule has 2 amide bonds. The first kappa shape index (κ1) is 20.7. The summed E-state index contributed by atoms with van der Waals surface area (Å²) in [5.74, 6) is 0.728. The zero-order valence-electron chi connectivity index (χ0n) is 16.6. The summed E-state index contributed by atoms with van der Waals surface area (Å²) >= 11 is 1.13. The minimum absolute atomic E-state index is 0.0289. The number of methoxy groups -OCH3 is 1. The quantitative estimate of drug-likeness (QED) is 0.541. The molecule has 11 heteroatoms. The van der Waals surface area contributed by atoms with Crippen molar-refractivity contribution in [2.75, 3.05) is 19.5 Å². The SMILES string of the molecule is COc1ccc(Cn2nnnc2SCC(=O)NC(=O)[C@H]2COc3ccccc3O2)cc1. The predicted molar refractivity (Wildman–Crippen MR) is 110 cm³/mol. The number of nitrogens with one attached hydrogen (secondary N) is 1. The molecule has 1 aliphatic heterocycles. The number of rotatable bonds is 7. The Morgan fingerprint density at radius 1 is 1.19 bits per heavy atom. The molecule has 0 unspecified atom stereocenters. The lowest BCUT2D eigenvalue weighted by molar-refractivity contribution is -0.135. The molecule has 0 spiro atoms. The smallest absolute Gasteiger partial charge is 0.271 e. The van der Waals surface area contributed by atoms with Crippen LogP contribution in [-0.4, -0.2) is 57.6 Å². The Balaban J connectivity index is 1.28. The minimum atomic E-state index is -0.899. The molecule has 160 valence electrons. The van der Waals surface area contributed by atoms with Gasteiger partial charge in [-0.05, 0) is 40.3 Å². The number of ether oxygens (including phenoxy) is 3. The standard InChI is InChI=1S/C20H19N5O5S/c1-28-14-8-6-13(7-9-14)10-25-20(22-23-24-25)31-12-18(26)21-19(27)17-11-29-15-4-2-3-5-16(15)30-17/h2-9,17H,10-12H2,1H3,(H,21,26,27)/t17-/m1/s1. The maximum Gasteiger partial charge on any atom is 0.271 e. The molecule has 0 bridgehead atoms. The largest absolute Gasteiger partial charge is 0.497 e. The molecule has 0 fully saturated rings. The van der Waals surface area contributed by atoms with Crippen LogP contribution in [0, 0.1) is 0 Å². The fraction of sp³-hybridized carbons (Fsp3) is 0.250. The molecule has 0 saturated heterocycles. The Hall–Kier alpha value is -3.60. The van der Waals surface area contributed by atoms with E-state index in [0.717, 1.165) is 23.1 Å². The number of aromatic nitrogens is 4. The Morgan fingerprint density at radius 3 is 2.74 bits per heavy atom. The number of thioether (sulfide) groups is 1. The van der Waals surface area contributed by atoms with Gasteiger partial charge >= 0.3 is 0 Å². The molecule has 2 heterocycles. The zero-order chi connectivity index (χ0) is 21.6. The third-order valence-corrected chi connectivity index (χ3v) is 5.34. The van der Waals surface area contributed by atoms with Crippen LogP contribution >= 0.6 is 11.8 Å². The van der Waals surface area contributed by atoms with Gasteiger partial charge in [0.15, 0.2) is 11.5 Å². The number of tetrazole rings is 1. The Bertz CT molecular complexity index is 1070. The van der Waals surface area contributed by atoms with Crippen molar-refractivity contribution in [3.63, 3.8) is 0 Å². The molecule has 0 radical (unpaired) electrons. The Kier molecular flexibility index (Phi) is 6.32. The second-order valence-corrected chi connectivity index (χ2v) is 7.48. The summed E-state index contributed by atoms with van der Waals surface area (Å²) in [4.78, 5) is 24.6. The van der Waals surface area contributed by atoms with E-state index < -0.39 is 17.9 Å². The lowest BCUT2D eigenvalue weighted by Crippen LogP contribution is -2.46. The van der Waals surface area contributed by atoms with E-state index in [4.69, 9.17) is 14.2 Å². The number of nitrogens with zero attached hydrogens (tertiary/aromatic N) is 4. The summed E-state index contributed by atoms with van der Waals surface area (Å²) in [5, 5.41) is 14.4. The van der Waals surface area contributed by atoms with Crippen LogP contribution in [0.3, 0.4) is 0 Å². The molecule has 1 aliphatic rings. The first-order valence-electron chi connectivity index (χ1n) is 9.36. The Labute approximate surface area is 181 Å². The van der Waals surface area contributed by atoms with E-state index in [-0.39, 0.29) is 12.4 Å². The zero-order valence-corrected chi connectivity index (χ0v) is 17.4. The van der Waals surface area contributed by atoms with Gasteiger partial charge in [0.05, 0.1) is 19.4 Å². The molecule has 1 aromatic heterocycles.